The molecule has 6 heteroatoms. The molecule has 6 nitrogen and oxygen atoms in total. The minimum atomic E-state index is -0.134. The van der Waals surface area contributed by atoms with E-state index in [9.17, 15) is 9.90 Å². The minimum Gasteiger partial charge on any atom is -0.441 e. The summed E-state index contributed by atoms with van der Waals surface area (Å²) in [5, 5.41) is 12.2. The first kappa shape index (κ1) is 14.8. The van der Waals surface area contributed by atoms with E-state index in [1.54, 1.807) is 17.9 Å². The number of carbonyl (C=O) groups excluding carboxylic acids is 1. The molecular weight excluding hydrogens is 282 g/mol. The van der Waals surface area contributed by atoms with Crippen LogP contribution in [0.1, 0.15) is 25.7 Å². The molecule has 1 aromatic carbocycles. The Hall–Kier alpha value is -2.08. The van der Waals surface area contributed by atoms with Gasteiger partial charge in [-0.05, 0) is 43.9 Å². The first-order chi connectivity index (χ1) is 10.6. The zero-order valence-corrected chi connectivity index (χ0v) is 12.9. The molecule has 2 aromatic rings. The number of nitrogens with one attached hydrogen (secondary N) is 1. The van der Waals surface area contributed by atoms with Gasteiger partial charge in [0.1, 0.15) is 5.52 Å². The number of anilines is 1. The van der Waals surface area contributed by atoms with Crippen molar-refractivity contribution in [3.8, 4) is 0 Å². The number of fused-ring (bicyclic) bond motifs is 1. The van der Waals surface area contributed by atoms with Gasteiger partial charge in [-0.1, -0.05) is 0 Å². The number of likely N-dealkylation sites (tertiary alicyclic amines) is 1. The number of aryl methyl sites for hydroxylation is 1. The van der Waals surface area contributed by atoms with Crippen LogP contribution >= 0.6 is 0 Å². The first-order valence-corrected chi connectivity index (χ1v) is 7.62. The molecule has 0 bridgehead atoms. The van der Waals surface area contributed by atoms with Crippen LogP contribution in [-0.2, 0) is 0 Å². The van der Waals surface area contributed by atoms with Crippen LogP contribution in [0.15, 0.2) is 22.6 Å². The van der Waals surface area contributed by atoms with E-state index in [0.717, 1.165) is 18.4 Å². The van der Waals surface area contributed by atoms with Crippen LogP contribution in [0.25, 0.3) is 11.1 Å². The largest absolute Gasteiger partial charge is 0.441 e. The summed E-state index contributed by atoms with van der Waals surface area (Å²) in [6.07, 6.45) is 1.88. The van der Waals surface area contributed by atoms with Gasteiger partial charge >= 0.3 is 6.03 Å². The Kier molecular flexibility index (Phi) is 4.02. The fraction of sp³-hybridized carbons (Fsp3) is 0.500. The molecule has 0 saturated carbocycles. The van der Waals surface area contributed by atoms with Crippen LogP contribution in [0.3, 0.4) is 0 Å². The highest BCUT2D eigenvalue weighted by Gasteiger charge is 2.28. The van der Waals surface area contributed by atoms with Crippen molar-refractivity contribution in [3.05, 3.63) is 24.1 Å². The lowest BCUT2D eigenvalue weighted by molar-refractivity contribution is 0.107. The van der Waals surface area contributed by atoms with E-state index in [0.29, 0.717) is 23.7 Å². The number of benzene rings is 1. The number of aliphatic hydroxyl groups is 1. The Bertz CT molecular complexity index is 682. The van der Waals surface area contributed by atoms with Crippen molar-refractivity contribution >= 4 is 22.8 Å². The van der Waals surface area contributed by atoms with Gasteiger partial charge in [0.25, 0.3) is 0 Å². The summed E-state index contributed by atoms with van der Waals surface area (Å²) in [6.45, 7) is 4.55. The van der Waals surface area contributed by atoms with E-state index in [1.165, 1.54) is 0 Å². The Balaban J connectivity index is 1.74. The lowest BCUT2D eigenvalue weighted by atomic mass is 9.94. The first-order valence-electron chi connectivity index (χ1n) is 7.62. The number of carbonyl (C=O) groups is 1. The van der Waals surface area contributed by atoms with Crippen LogP contribution in [0.5, 0.6) is 0 Å². The zero-order valence-electron chi connectivity index (χ0n) is 12.9. The lowest BCUT2D eigenvalue weighted by Gasteiger charge is -2.37. The second-order valence-corrected chi connectivity index (χ2v) is 5.97. The fourth-order valence-corrected chi connectivity index (χ4v) is 2.93. The molecule has 22 heavy (non-hydrogen) atoms. The summed E-state index contributed by atoms with van der Waals surface area (Å²) in [7, 11) is 0. The van der Waals surface area contributed by atoms with Crippen molar-refractivity contribution in [3.63, 3.8) is 0 Å². The maximum absolute atomic E-state index is 12.5. The average molecular weight is 303 g/mol. The number of hydrogen-bond acceptors (Lipinski definition) is 4. The van der Waals surface area contributed by atoms with E-state index in [4.69, 9.17) is 4.42 Å². The molecule has 2 N–H and O–H groups in total. The monoisotopic (exact) mass is 303 g/mol. The van der Waals surface area contributed by atoms with Crippen molar-refractivity contribution in [1.29, 1.82) is 0 Å². The molecule has 3 rings (SSSR count). The number of amides is 2. The molecule has 2 atom stereocenters. The van der Waals surface area contributed by atoms with Gasteiger partial charge in [-0.15, -0.1) is 0 Å². The smallest absolute Gasteiger partial charge is 0.322 e. The Labute approximate surface area is 129 Å². The predicted molar refractivity (Wildman–Crippen MR) is 83.7 cm³/mol. The number of urea groups is 1. The van der Waals surface area contributed by atoms with E-state index in [1.807, 2.05) is 19.1 Å². The van der Waals surface area contributed by atoms with Crippen LogP contribution in [0.4, 0.5) is 10.5 Å². The molecule has 0 radical (unpaired) electrons. The summed E-state index contributed by atoms with van der Waals surface area (Å²) in [4.78, 5) is 18.5. The quantitative estimate of drug-likeness (QED) is 0.894. The average Bonchev–Trinajstić information content (AvgIpc) is 2.87. The van der Waals surface area contributed by atoms with Gasteiger partial charge in [-0.3, -0.25) is 0 Å². The number of rotatable bonds is 2. The lowest BCUT2D eigenvalue weighted by Crippen LogP contribution is -2.48. The highest BCUT2D eigenvalue weighted by atomic mass is 16.3. The number of piperidine rings is 1. The summed E-state index contributed by atoms with van der Waals surface area (Å²) < 4.78 is 5.43. The molecule has 2 unspecified atom stereocenters. The third-order valence-electron chi connectivity index (χ3n) is 4.24. The molecule has 118 valence electrons. The molecule has 1 aromatic heterocycles. The normalized spacial score (nSPS) is 22.0. The molecule has 2 heterocycles. The Morgan fingerprint density at radius 3 is 3.09 bits per heavy atom. The second kappa shape index (κ2) is 5.96. The predicted octanol–water partition coefficient (Wildman–Crippen LogP) is 2.76. The van der Waals surface area contributed by atoms with E-state index >= 15 is 0 Å². The SMILES string of the molecule is Cc1nc2cc(NC(=O)N3CC(CO)CCC3C)ccc2o1. The highest BCUT2D eigenvalue weighted by molar-refractivity contribution is 5.91. The van der Waals surface area contributed by atoms with Crippen molar-refractivity contribution in [2.24, 2.45) is 5.92 Å². The van der Waals surface area contributed by atoms with Crippen LogP contribution in [0, 0.1) is 12.8 Å². The van der Waals surface area contributed by atoms with Crippen LogP contribution in [0.2, 0.25) is 0 Å². The molecule has 2 amide bonds. The van der Waals surface area contributed by atoms with Gasteiger partial charge in [0, 0.05) is 31.8 Å². The number of aromatic nitrogens is 1. The minimum absolute atomic E-state index is 0.126. The van der Waals surface area contributed by atoms with Crippen molar-refractivity contribution in [1.82, 2.24) is 9.88 Å². The standard InChI is InChI=1S/C16H21N3O3/c1-10-3-4-12(9-20)8-19(10)16(21)18-13-5-6-15-14(7-13)17-11(2)22-15/h5-7,10,12,20H,3-4,8-9H2,1-2H3,(H,18,21). The van der Waals surface area contributed by atoms with E-state index in [2.05, 4.69) is 10.3 Å². The summed E-state index contributed by atoms with van der Waals surface area (Å²) >= 11 is 0. The van der Waals surface area contributed by atoms with Gasteiger partial charge in [0.2, 0.25) is 0 Å². The van der Waals surface area contributed by atoms with Gasteiger partial charge in [-0.2, -0.15) is 0 Å². The van der Waals surface area contributed by atoms with Crippen molar-refractivity contribution < 1.29 is 14.3 Å². The maximum Gasteiger partial charge on any atom is 0.322 e. The molecule has 1 saturated heterocycles. The third kappa shape index (κ3) is 2.92. The van der Waals surface area contributed by atoms with E-state index in [-0.39, 0.29) is 24.6 Å². The summed E-state index contributed by atoms with van der Waals surface area (Å²) in [5.41, 5.74) is 2.14. The second-order valence-electron chi connectivity index (χ2n) is 5.97. The molecular formula is C16H21N3O3. The molecule has 1 aliphatic rings. The zero-order chi connectivity index (χ0) is 15.7. The topological polar surface area (TPSA) is 78.6 Å². The van der Waals surface area contributed by atoms with Gasteiger partial charge in [0.05, 0.1) is 0 Å². The fourth-order valence-electron chi connectivity index (χ4n) is 2.93. The Morgan fingerprint density at radius 1 is 1.50 bits per heavy atom. The molecule has 1 fully saturated rings. The van der Waals surface area contributed by atoms with Gasteiger partial charge < -0.3 is 19.7 Å². The Morgan fingerprint density at radius 2 is 2.32 bits per heavy atom. The van der Waals surface area contributed by atoms with Crippen molar-refractivity contribution in [2.75, 3.05) is 18.5 Å². The van der Waals surface area contributed by atoms with Gasteiger partial charge in [0.15, 0.2) is 11.5 Å². The van der Waals surface area contributed by atoms with Crippen molar-refractivity contribution in [2.45, 2.75) is 32.7 Å². The number of nitrogens with zero attached hydrogens (tertiary/aromatic N) is 2. The number of hydrogen-bond donors (Lipinski definition) is 2. The molecule has 0 aliphatic carbocycles. The molecule has 0 spiro atoms. The van der Waals surface area contributed by atoms with Gasteiger partial charge in [-0.25, -0.2) is 9.78 Å². The third-order valence-corrected chi connectivity index (χ3v) is 4.24. The molecule has 1 aliphatic heterocycles. The van der Waals surface area contributed by atoms with Crippen LogP contribution < -0.4 is 5.32 Å². The number of oxazole rings is 1. The maximum atomic E-state index is 12.5. The highest BCUT2D eigenvalue weighted by Crippen LogP contribution is 2.24. The number of aliphatic hydroxyl groups excluding tert-OH is 1. The summed E-state index contributed by atoms with van der Waals surface area (Å²) in [6, 6.07) is 5.47. The summed E-state index contributed by atoms with van der Waals surface area (Å²) in [5.74, 6) is 0.775. The van der Waals surface area contributed by atoms with Crippen LogP contribution in [-0.4, -0.2) is 40.2 Å². The van der Waals surface area contributed by atoms with E-state index < -0.39 is 0 Å².